The summed E-state index contributed by atoms with van der Waals surface area (Å²) in [5, 5.41) is 26.7. The molecule has 0 aliphatic heterocycles. The number of nitrogens with one attached hydrogen (secondary N) is 4. The maximum atomic E-state index is 11.8. The van der Waals surface area contributed by atoms with Crippen molar-refractivity contribution in [3.63, 3.8) is 0 Å². The summed E-state index contributed by atoms with van der Waals surface area (Å²) in [4.78, 5) is 53.7. The first-order chi connectivity index (χ1) is 23.7. The van der Waals surface area contributed by atoms with Crippen molar-refractivity contribution in [1.82, 2.24) is 49.8 Å². The van der Waals surface area contributed by atoms with E-state index in [4.69, 9.17) is 0 Å². The average molecular weight is 860 g/mol. The van der Waals surface area contributed by atoms with Crippen molar-refractivity contribution < 1.29 is 40.2 Å². The van der Waals surface area contributed by atoms with E-state index < -0.39 is 0 Å². The van der Waals surface area contributed by atoms with Gasteiger partial charge >= 0.3 is 0 Å². The molecule has 6 rings (SSSR count). The van der Waals surface area contributed by atoms with E-state index in [1.807, 2.05) is 36.4 Å². The Labute approximate surface area is 301 Å². The van der Waals surface area contributed by atoms with Crippen molar-refractivity contribution >= 4 is 46.3 Å². The zero-order chi connectivity index (χ0) is 35.2. The number of carbonyl (C=O) groups is 4. The Hall–Kier alpha value is -5.89. The molecule has 0 spiro atoms. The third-order valence-electron chi connectivity index (χ3n) is 6.16. The van der Waals surface area contributed by atoms with Gasteiger partial charge < -0.3 is 21.3 Å². The van der Waals surface area contributed by atoms with Crippen LogP contribution < -0.4 is 21.3 Å². The number of pyridine rings is 4. The summed E-state index contributed by atoms with van der Waals surface area (Å²) in [6.45, 7) is 6.80. The quantitative estimate of drug-likeness (QED) is 0.176. The first-order valence-electron chi connectivity index (χ1n) is 15.3. The molecule has 6 heterocycles. The Morgan fingerprint density at radius 3 is 1.34 bits per heavy atom. The Bertz CT molecular complexity index is 1890. The molecule has 4 N–H and O–H groups in total. The number of anilines is 2. The van der Waals surface area contributed by atoms with Crippen LogP contribution in [0.3, 0.4) is 0 Å². The molecule has 0 bridgehead atoms. The summed E-state index contributed by atoms with van der Waals surface area (Å²) in [6, 6.07) is 18.0. The van der Waals surface area contributed by atoms with Crippen LogP contribution in [0.1, 0.15) is 34.1 Å². The van der Waals surface area contributed by atoms with Crippen LogP contribution in [0, 0.1) is 0 Å². The molecule has 4 amide bonds. The minimum absolute atomic E-state index is 0. The van der Waals surface area contributed by atoms with Crippen LogP contribution in [-0.2, 0) is 40.2 Å². The van der Waals surface area contributed by atoms with Crippen molar-refractivity contribution in [2.45, 2.75) is 34.1 Å². The summed E-state index contributed by atoms with van der Waals surface area (Å²) in [6.07, 6.45) is 8.03. The van der Waals surface area contributed by atoms with Gasteiger partial charge in [-0.1, -0.05) is 32.4 Å². The minimum atomic E-state index is -0.313. The Morgan fingerprint density at radius 2 is 1.00 bits per heavy atom. The van der Waals surface area contributed by atoms with Gasteiger partial charge in [-0.25, -0.2) is 0 Å². The third kappa shape index (κ3) is 11.1. The molecule has 16 nitrogen and oxygen atoms in total. The molecule has 0 saturated heterocycles. The Balaban J connectivity index is 0.000000246. The van der Waals surface area contributed by atoms with E-state index in [0.29, 0.717) is 45.7 Å². The summed E-state index contributed by atoms with van der Waals surface area (Å²) < 4.78 is 3.49. The molecule has 0 unspecified atom stereocenters. The average Bonchev–Trinajstić information content (AvgIpc) is 3.72. The van der Waals surface area contributed by atoms with Crippen molar-refractivity contribution in [3.8, 4) is 23.0 Å². The van der Waals surface area contributed by atoms with Gasteiger partial charge in [0.1, 0.15) is 11.4 Å². The molecule has 6 aromatic heterocycles. The molecule has 6 aromatic rings. The van der Waals surface area contributed by atoms with Gasteiger partial charge in [-0.2, -0.15) is 0 Å². The number of fused-ring (bicyclic) bond motifs is 2. The number of aromatic nitrogens is 8. The van der Waals surface area contributed by atoms with Crippen LogP contribution in [-0.4, -0.2) is 75.9 Å². The summed E-state index contributed by atoms with van der Waals surface area (Å²) >= 11 is 0. The van der Waals surface area contributed by atoms with Gasteiger partial charge in [0.15, 0.2) is 22.9 Å². The Kier molecular flexibility index (Phi) is 14.8. The molecule has 0 radical (unpaired) electrons. The molecule has 0 fully saturated rings. The van der Waals surface area contributed by atoms with Crippen LogP contribution in [0.4, 0.5) is 11.4 Å². The van der Waals surface area contributed by atoms with Gasteiger partial charge in [-0.15, -0.1) is 20.4 Å². The standard InChI is InChI=1S/2C15H14N6O2.C3H8.Pt/c2*1-10(22)17-8-14(23)18-11-5-6-13-19-20-15(21(13)9-11)12-4-2-3-7-16-12;1-3-2;/h2*2-7,9H,8H2,1H3,(H,17,22)(H,18,23);3H2,1-2H3;. The van der Waals surface area contributed by atoms with Crippen LogP contribution >= 0.6 is 0 Å². The monoisotopic (exact) mass is 859 g/mol. The SMILES string of the molecule is CC(=O)NCC(=O)Nc1ccc2nnc(-c3ccccn3)n2c1.CC(=O)NCC(=O)Nc1ccc2nnc(-c3ccccn3)n2c1.CCC.[Pt]. The van der Waals surface area contributed by atoms with Crippen LogP contribution in [0.15, 0.2) is 85.5 Å². The van der Waals surface area contributed by atoms with E-state index in [1.54, 1.807) is 57.9 Å². The van der Waals surface area contributed by atoms with E-state index in [2.05, 4.69) is 65.5 Å². The molecule has 0 atom stereocenters. The van der Waals surface area contributed by atoms with Crippen molar-refractivity contribution in [2.24, 2.45) is 0 Å². The van der Waals surface area contributed by atoms with E-state index in [9.17, 15) is 19.2 Å². The van der Waals surface area contributed by atoms with Gasteiger partial charge in [-0.05, 0) is 48.5 Å². The van der Waals surface area contributed by atoms with Crippen molar-refractivity contribution in [3.05, 3.63) is 85.5 Å². The summed E-state index contributed by atoms with van der Waals surface area (Å²) in [5.74, 6) is 0.0230. The molecular weight excluding hydrogens is 824 g/mol. The maximum Gasteiger partial charge on any atom is 0.243 e. The molecule has 0 aromatic carbocycles. The fourth-order valence-electron chi connectivity index (χ4n) is 4.09. The molecule has 0 aliphatic rings. The first-order valence-corrected chi connectivity index (χ1v) is 15.3. The number of nitrogens with zero attached hydrogens (tertiary/aromatic N) is 8. The second kappa shape index (κ2) is 19.2. The summed E-state index contributed by atoms with van der Waals surface area (Å²) in [7, 11) is 0. The Morgan fingerprint density at radius 1 is 0.600 bits per heavy atom. The zero-order valence-electron chi connectivity index (χ0n) is 27.7. The topological polar surface area (TPSA) is 203 Å². The maximum absolute atomic E-state index is 11.8. The molecule has 262 valence electrons. The second-order valence-corrected chi connectivity index (χ2v) is 10.4. The largest absolute Gasteiger partial charge is 0.347 e. The number of hydrogen-bond acceptors (Lipinski definition) is 10. The molecule has 50 heavy (non-hydrogen) atoms. The van der Waals surface area contributed by atoms with E-state index >= 15 is 0 Å². The van der Waals surface area contributed by atoms with Crippen LogP contribution in [0.2, 0.25) is 0 Å². The predicted octanol–water partition coefficient (Wildman–Crippen LogP) is 3.15. The minimum Gasteiger partial charge on any atom is -0.347 e. The van der Waals surface area contributed by atoms with Gasteiger partial charge in [0.2, 0.25) is 23.6 Å². The molecular formula is C33H36N12O4Pt. The fraction of sp³-hybridized carbons (Fsp3) is 0.212. The van der Waals surface area contributed by atoms with Crippen LogP contribution in [0.5, 0.6) is 0 Å². The summed E-state index contributed by atoms with van der Waals surface area (Å²) in [5.41, 5.74) is 3.80. The first kappa shape index (κ1) is 38.6. The molecule has 0 saturated carbocycles. The van der Waals surface area contributed by atoms with E-state index in [0.717, 1.165) is 0 Å². The zero-order valence-corrected chi connectivity index (χ0v) is 30.0. The van der Waals surface area contributed by atoms with E-state index in [-0.39, 0.29) is 57.8 Å². The van der Waals surface area contributed by atoms with E-state index in [1.165, 1.54) is 20.3 Å². The van der Waals surface area contributed by atoms with Crippen molar-refractivity contribution in [1.29, 1.82) is 0 Å². The van der Waals surface area contributed by atoms with Gasteiger partial charge in [-0.3, -0.25) is 37.9 Å². The van der Waals surface area contributed by atoms with Gasteiger partial charge in [0, 0.05) is 59.7 Å². The molecule has 0 aliphatic carbocycles. The normalized spacial score (nSPS) is 10.0. The van der Waals surface area contributed by atoms with Gasteiger partial charge in [0.25, 0.3) is 0 Å². The van der Waals surface area contributed by atoms with Crippen molar-refractivity contribution in [2.75, 3.05) is 23.7 Å². The number of hydrogen-bond donors (Lipinski definition) is 4. The number of rotatable bonds is 8. The van der Waals surface area contributed by atoms with Gasteiger partial charge in [0.05, 0.1) is 24.5 Å². The fourth-order valence-corrected chi connectivity index (χ4v) is 4.09. The third-order valence-corrected chi connectivity index (χ3v) is 6.16. The van der Waals surface area contributed by atoms with Crippen LogP contribution in [0.25, 0.3) is 34.3 Å². The number of carbonyl (C=O) groups excluding carboxylic acids is 4. The smallest absolute Gasteiger partial charge is 0.243 e. The number of amides is 4. The molecule has 17 heteroatoms. The predicted molar refractivity (Wildman–Crippen MR) is 183 cm³/mol. The second-order valence-electron chi connectivity index (χ2n) is 10.4.